The number of fused-ring (bicyclic) bond motifs is 2. The van der Waals surface area contributed by atoms with Crippen LogP contribution in [0.3, 0.4) is 0 Å². The summed E-state index contributed by atoms with van der Waals surface area (Å²) in [6.45, 7) is 4.90. The van der Waals surface area contributed by atoms with Gasteiger partial charge in [0.15, 0.2) is 0 Å². The molecule has 2 amide bonds. The predicted molar refractivity (Wildman–Crippen MR) is 110 cm³/mol. The Hall–Kier alpha value is -2.23. The van der Waals surface area contributed by atoms with Gasteiger partial charge in [0.2, 0.25) is 11.8 Å². The zero-order valence-corrected chi connectivity index (χ0v) is 18.0. The van der Waals surface area contributed by atoms with Crippen LogP contribution < -0.4 is 4.74 Å². The molecule has 9 nitrogen and oxygen atoms in total. The minimum absolute atomic E-state index is 0.0253. The minimum Gasteiger partial charge on any atom is -0.481 e. The van der Waals surface area contributed by atoms with Crippen molar-refractivity contribution in [2.45, 2.75) is 24.5 Å². The van der Waals surface area contributed by atoms with Gasteiger partial charge in [-0.2, -0.15) is 0 Å². The van der Waals surface area contributed by atoms with E-state index in [1.807, 2.05) is 9.80 Å². The fraction of sp³-hybridized carbons (Fsp3) is 0.667. The Balaban J connectivity index is 1.51. The van der Waals surface area contributed by atoms with Gasteiger partial charge in [-0.15, -0.1) is 0 Å². The van der Waals surface area contributed by atoms with Crippen molar-refractivity contribution in [3.05, 3.63) is 23.9 Å². The molecule has 0 unspecified atom stereocenters. The van der Waals surface area contributed by atoms with Crippen molar-refractivity contribution in [2.24, 2.45) is 0 Å². The Morgan fingerprint density at radius 1 is 1.20 bits per heavy atom. The first-order valence-electron chi connectivity index (χ1n) is 10.5. The standard InChI is InChI=1S/C21H31N5O4/c1-23-10-11-25-17(15-23)20(28)26(12-13-29-2)21(25)6-8-24(9-7-21)19(27)16-4-5-18(30-3)22-14-16/h4-5,14,17H,6-13,15H2,1-3H3/t17-/m1/s1. The molecule has 3 aliphatic heterocycles. The van der Waals surface area contributed by atoms with Gasteiger partial charge in [0.25, 0.3) is 5.91 Å². The molecule has 164 valence electrons. The van der Waals surface area contributed by atoms with Crippen LogP contribution in [0.1, 0.15) is 23.2 Å². The molecule has 3 fully saturated rings. The first-order chi connectivity index (χ1) is 14.5. The Kier molecular flexibility index (Phi) is 5.95. The number of carbonyl (C=O) groups is 2. The molecular weight excluding hydrogens is 386 g/mol. The minimum atomic E-state index is -0.323. The molecule has 0 aromatic carbocycles. The number of aromatic nitrogens is 1. The number of likely N-dealkylation sites (tertiary alicyclic amines) is 1. The number of likely N-dealkylation sites (N-methyl/N-ethyl adjacent to an activating group) is 1. The van der Waals surface area contributed by atoms with E-state index < -0.39 is 0 Å². The number of hydrogen-bond acceptors (Lipinski definition) is 7. The van der Waals surface area contributed by atoms with E-state index in [0.717, 1.165) is 32.5 Å². The molecule has 1 aromatic heterocycles. The Morgan fingerprint density at radius 3 is 2.60 bits per heavy atom. The van der Waals surface area contributed by atoms with Crippen LogP contribution in [0.2, 0.25) is 0 Å². The Bertz CT molecular complexity index is 778. The van der Waals surface area contributed by atoms with Gasteiger partial charge in [0.05, 0.1) is 19.3 Å². The van der Waals surface area contributed by atoms with Crippen LogP contribution in [0.5, 0.6) is 5.88 Å². The molecule has 9 heteroatoms. The largest absolute Gasteiger partial charge is 0.481 e. The lowest BCUT2D eigenvalue weighted by Gasteiger charge is -2.50. The maximum absolute atomic E-state index is 13.3. The molecule has 1 aromatic rings. The lowest BCUT2D eigenvalue weighted by molar-refractivity contribution is -0.134. The molecular formula is C21H31N5O4. The number of nitrogens with zero attached hydrogens (tertiary/aromatic N) is 5. The quantitative estimate of drug-likeness (QED) is 0.674. The fourth-order valence-electron chi connectivity index (χ4n) is 5.11. The summed E-state index contributed by atoms with van der Waals surface area (Å²) in [5.74, 6) is 0.656. The summed E-state index contributed by atoms with van der Waals surface area (Å²) < 4.78 is 10.4. The maximum atomic E-state index is 13.3. The van der Waals surface area contributed by atoms with Crippen LogP contribution in [-0.4, -0.2) is 115 Å². The van der Waals surface area contributed by atoms with Crippen LogP contribution in [0, 0.1) is 0 Å². The van der Waals surface area contributed by atoms with Crippen molar-refractivity contribution in [1.82, 2.24) is 24.6 Å². The second-order valence-corrected chi connectivity index (χ2v) is 8.32. The number of piperidine rings is 1. The van der Waals surface area contributed by atoms with Crippen molar-refractivity contribution >= 4 is 11.8 Å². The normalized spacial score (nSPS) is 24.4. The van der Waals surface area contributed by atoms with Crippen molar-refractivity contribution in [1.29, 1.82) is 0 Å². The van der Waals surface area contributed by atoms with E-state index in [1.165, 1.54) is 0 Å². The second-order valence-electron chi connectivity index (χ2n) is 8.32. The van der Waals surface area contributed by atoms with Gasteiger partial charge in [0, 0.05) is 71.5 Å². The van der Waals surface area contributed by atoms with Gasteiger partial charge in [-0.1, -0.05) is 0 Å². The zero-order valence-electron chi connectivity index (χ0n) is 18.0. The van der Waals surface area contributed by atoms with E-state index in [-0.39, 0.29) is 23.5 Å². The summed E-state index contributed by atoms with van der Waals surface area (Å²) >= 11 is 0. The number of rotatable bonds is 5. The molecule has 4 rings (SSSR count). The number of piperazine rings is 1. The maximum Gasteiger partial charge on any atom is 0.255 e. The van der Waals surface area contributed by atoms with E-state index in [1.54, 1.807) is 32.5 Å². The average molecular weight is 418 g/mol. The van der Waals surface area contributed by atoms with Crippen LogP contribution in [0.25, 0.3) is 0 Å². The highest BCUT2D eigenvalue weighted by molar-refractivity contribution is 5.94. The summed E-state index contributed by atoms with van der Waals surface area (Å²) in [7, 11) is 5.29. The lowest BCUT2D eigenvalue weighted by atomic mass is 9.93. The van der Waals surface area contributed by atoms with Crippen molar-refractivity contribution in [3.63, 3.8) is 0 Å². The monoisotopic (exact) mass is 417 g/mol. The van der Waals surface area contributed by atoms with Gasteiger partial charge in [0.1, 0.15) is 11.7 Å². The molecule has 0 bridgehead atoms. The Morgan fingerprint density at radius 2 is 1.97 bits per heavy atom. The van der Waals surface area contributed by atoms with E-state index in [0.29, 0.717) is 37.7 Å². The van der Waals surface area contributed by atoms with Crippen LogP contribution in [0.15, 0.2) is 18.3 Å². The van der Waals surface area contributed by atoms with Crippen molar-refractivity contribution in [3.8, 4) is 5.88 Å². The molecule has 0 aliphatic carbocycles. The smallest absolute Gasteiger partial charge is 0.255 e. The van der Waals surface area contributed by atoms with Gasteiger partial charge >= 0.3 is 0 Å². The summed E-state index contributed by atoms with van der Waals surface area (Å²) in [6.07, 6.45) is 3.06. The summed E-state index contributed by atoms with van der Waals surface area (Å²) in [5, 5.41) is 0. The van der Waals surface area contributed by atoms with Crippen molar-refractivity contribution < 1.29 is 19.1 Å². The SMILES string of the molecule is COCCN1C(=O)[C@H]2CN(C)CCN2C12CCN(C(=O)c1ccc(OC)nc1)CC2. The van der Waals surface area contributed by atoms with E-state index in [2.05, 4.69) is 21.8 Å². The fourth-order valence-corrected chi connectivity index (χ4v) is 5.11. The molecule has 1 atom stereocenters. The number of pyridine rings is 1. The first kappa shape index (κ1) is 21.0. The lowest BCUT2D eigenvalue weighted by Crippen LogP contribution is -2.63. The van der Waals surface area contributed by atoms with E-state index >= 15 is 0 Å². The highest BCUT2D eigenvalue weighted by Gasteiger charge is 2.58. The van der Waals surface area contributed by atoms with Crippen molar-refractivity contribution in [2.75, 3.05) is 67.1 Å². The predicted octanol–water partition coefficient (Wildman–Crippen LogP) is 0.127. The van der Waals surface area contributed by atoms with Gasteiger partial charge in [-0.25, -0.2) is 4.98 Å². The third kappa shape index (κ3) is 3.55. The van der Waals surface area contributed by atoms with E-state index in [9.17, 15) is 9.59 Å². The highest BCUT2D eigenvalue weighted by Crippen LogP contribution is 2.41. The zero-order chi connectivity index (χ0) is 21.3. The summed E-state index contributed by atoms with van der Waals surface area (Å²) in [6, 6.07) is 3.35. The van der Waals surface area contributed by atoms with Gasteiger partial charge in [-0.05, 0) is 13.1 Å². The van der Waals surface area contributed by atoms with Gasteiger partial charge < -0.3 is 24.2 Å². The van der Waals surface area contributed by atoms with Crippen LogP contribution >= 0.6 is 0 Å². The molecule has 3 saturated heterocycles. The number of methoxy groups -OCH3 is 2. The molecule has 1 spiro atoms. The third-order valence-electron chi connectivity index (χ3n) is 6.73. The summed E-state index contributed by atoms with van der Waals surface area (Å²) in [5.41, 5.74) is 0.235. The second kappa shape index (κ2) is 8.49. The van der Waals surface area contributed by atoms with Crippen LogP contribution in [-0.2, 0) is 9.53 Å². The number of ether oxygens (including phenoxy) is 2. The summed E-state index contributed by atoms with van der Waals surface area (Å²) in [4.78, 5) is 38.9. The van der Waals surface area contributed by atoms with Crippen LogP contribution in [0.4, 0.5) is 0 Å². The molecule has 0 N–H and O–H groups in total. The molecule has 0 saturated carbocycles. The Labute approximate surface area is 177 Å². The average Bonchev–Trinajstić information content (AvgIpc) is 2.99. The number of carbonyl (C=O) groups excluding carboxylic acids is 2. The molecule has 3 aliphatic rings. The highest BCUT2D eigenvalue weighted by atomic mass is 16.5. The van der Waals surface area contributed by atoms with E-state index in [4.69, 9.17) is 9.47 Å². The third-order valence-corrected chi connectivity index (χ3v) is 6.73. The molecule has 4 heterocycles. The molecule has 0 radical (unpaired) electrons. The topological polar surface area (TPSA) is 78.5 Å². The van der Waals surface area contributed by atoms with Gasteiger partial charge in [-0.3, -0.25) is 14.5 Å². The number of amides is 2. The number of hydrogen-bond donors (Lipinski definition) is 0. The first-order valence-corrected chi connectivity index (χ1v) is 10.5. The molecule has 30 heavy (non-hydrogen) atoms.